The molecule has 0 saturated carbocycles. The molecule has 0 saturated heterocycles. The van der Waals surface area contributed by atoms with Gasteiger partial charge in [0.2, 0.25) is 0 Å². The fraction of sp³-hybridized carbons (Fsp3) is 0.0400. The van der Waals surface area contributed by atoms with Gasteiger partial charge in [-0.2, -0.15) is 0 Å². The van der Waals surface area contributed by atoms with E-state index in [-0.39, 0.29) is 0 Å². The molecule has 130 valence electrons. The van der Waals surface area contributed by atoms with Crippen LogP contribution < -0.4 is 9.80 Å². The minimum absolute atomic E-state index is 1.17. The van der Waals surface area contributed by atoms with E-state index in [9.17, 15) is 0 Å². The molecule has 4 aromatic rings. The van der Waals surface area contributed by atoms with E-state index in [0.717, 1.165) is 0 Å². The minimum Gasteiger partial charge on any atom is -0.306 e. The Hall–Kier alpha value is -3.52. The van der Waals surface area contributed by atoms with Gasteiger partial charge in [0.1, 0.15) is 0 Å². The Morgan fingerprint density at radius 3 is 1.33 bits per heavy atom. The highest BCUT2D eigenvalue weighted by Gasteiger charge is 2.30. The molecule has 4 aromatic carbocycles. The van der Waals surface area contributed by atoms with Gasteiger partial charge >= 0.3 is 0 Å². The minimum atomic E-state index is 1.17. The third kappa shape index (κ3) is 2.49. The first kappa shape index (κ1) is 15.7. The van der Waals surface area contributed by atoms with Crippen LogP contribution in [0.25, 0.3) is 0 Å². The van der Waals surface area contributed by atoms with Gasteiger partial charge in [0.05, 0.1) is 22.7 Å². The number of nitrogens with zero attached hydrogens (tertiary/aromatic N) is 2. The molecule has 0 atom stereocenters. The molecule has 2 nitrogen and oxygen atoms in total. The highest BCUT2D eigenvalue weighted by atomic mass is 15.3. The quantitative estimate of drug-likeness (QED) is 0.331. The molecule has 0 aromatic heterocycles. The van der Waals surface area contributed by atoms with Gasteiger partial charge in [0.25, 0.3) is 0 Å². The predicted molar refractivity (Wildman–Crippen MR) is 114 cm³/mol. The maximum absolute atomic E-state index is 2.37. The Kier molecular flexibility index (Phi) is 3.68. The average molecular weight is 348 g/mol. The van der Waals surface area contributed by atoms with Crippen LogP contribution in [-0.4, -0.2) is 0 Å². The first-order valence-corrected chi connectivity index (χ1v) is 9.23. The van der Waals surface area contributed by atoms with Gasteiger partial charge < -0.3 is 9.80 Å². The van der Waals surface area contributed by atoms with Crippen molar-refractivity contribution in [1.29, 1.82) is 0 Å². The molecule has 2 heteroatoms. The van der Waals surface area contributed by atoms with E-state index in [1.165, 1.54) is 39.7 Å². The second kappa shape index (κ2) is 6.33. The van der Waals surface area contributed by atoms with Gasteiger partial charge in [-0.1, -0.05) is 60.7 Å². The molecule has 0 unspecified atom stereocenters. The largest absolute Gasteiger partial charge is 0.306 e. The van der Waals surface area contributed by atoms with Crippen LogP contribution in [0.5, 0.6) is 0 Å². The number of fused-ring (bicyclic) bond motifs is 2. The van der Waals surface area contributed by atoms with Crippen molar-refractivity contribution in [1.82, 2.24) is 0 Å². The van der Waals surface area contributed by atoms with Gasteiger partial charge in [0, 0.05) is 11.4 Å². The third-order valence-electron chi connectivity index (χ3n) is 5.10. The van der Waals surface area contributed by atoms with E-state index in [2.05, 4.69) is 120 Å². The summed E-state index contributed by atoms with van der Waals surface area (Å²) in [4.78, 5) is 4.72. The standard InChI is InChI=1S/C25H20N2/c1-19-11-5-6-14-21(19)27-24-17-9-7-15-22(24)26(20-12-3-2-4-13-20)23-16-8-10-18-25(23)27/h2-18H,1H3. The molecule has 1 aliphatic rings. The molecule has 0 spiro atoms. The van der Waals surface area contributed by atoms with Crippen molar-refractivity contribution in [2.45, 2.75) is 6.92 Å². The molecule has 1 heterocycles. The third-order valence-corrected chi connectivity index (χ3v) is 5.10. The van der Waals surface area contributed by atoms with Crippen LogP contribution in [0.15, 0.2) is 103 Å². The van der Waals surface area contributed by atoms with E-state index >= 15 is 0 Å². The Morgan fingerprint density at radius 2 is 0.815 bits per heavy atom. The summed E-state index contributed by atoms with van der Waals surface area (Å²) in [6.07, 6.45) is 0. The van der Waals surface area contributed by atoms with Crippen LogP contribution in [-0.2, 0) is 0 Å². The van der Waals surface area contributed by atoms with Crippen molar-refractivity contribution in [2.24, 2.45) is 0 Å². The summed E-state index contributed by atoms with van der Waals surface area (Å²) in [5.74, 6) is 0. The lowest BCUT2D eigenvalue weighted by molar-refractivity contribution is 1.16. The number of para-hydroxylation sites is 6. The summed E-state index contributed by atoms with van der Waals surface area (Å²) in [6, 6.07) is 36.4. The number of anilines is 6. The zero-order valence-corrected chi connectivity index (χ0v) is 15.2. The zero-order chi connectivity index (χ0) is 18.2. The summed E-state index contributed by atoms with van der Waals surface area (Å²) in [7, 11) is 0. The van der Waals surface area contributed by atoms with Crippen molar-refractivity contribution in [2.75, 3.05) is 9.80 Å². The van der Waals surface area contributed by atoms with Gasteiger partial charge in [0.15, 0.2) is 0 Å². The lowest BCUT2D eigenvalue weighted by atomic mass is 10.0. The first-order chi connectivity index (χ1) is 13.3. The molecule has 0 fully saturated rings. The van der Waals surface area contributed by atoms with Crippen LogP contribution in [0, 0.1) is 6.92 Å². The monoisotopic (exact) mass is 348 g/mol. The van der Waals surface area contributed by atoms with E-state index in [1.807, 2.05) is 0 Å². The normalized spacial score (nSPS) is 12.5. The lowest BCUT2D eigenvalue weighted by Crippen LogP contribution is -2.24. The van der Waals surface area contributed by atoms with E-state index in [0.29, 0.717) is 0 Å². The van der Waals surface area contributed by atoms with Crippen LogP contribution >= 0.6 is 0 Å². The lowest BCUT2D eigenvalue weighted by Gasteiger charge is -2.40. The second-order valence-electron chi connectivity index (χ2n) is 6.77. The number of hydrogen-bond donors (Lipinski definition) is 0. The topological polar surface area (TPSA) is 6.48 Å². The summed E-state index contributed by atoms with van der Waals surface area (Å²) in [6.45, 7) is 2.17. The van der Waals surface area contributed by atoms with E-state index < -0.39 is 0 Å². The highest BCUT2D eigenvalue weighted by molar-refractivity contribution is 6.01. The van der Waals surface area contributed by atoms with Gasteiger partial charge in [-0.25, -0.2) is 0 Å². The average Bonchev–Trinajstić information content (AvgIpc) is 2.73. The van der Waals surface area contributed by atoms with Gasteiger partial charge in [-0.05, 0) is 55.0 Å². The van der Waals surface area contributed by atoms with Crippen LogP contribution in [0.1, 0.15) is 5.56 Å². The molecule has 0 radical (unpaired) electrons. The first-order valence-electron chi connectivity index (χ1n) is 9.23. The van der Waals surface area contributed by atoms with Crippen molar-refractivity contribution >= 4 is 34.1 Å². The summed E-state index contributed by atoms with van der Waals surface area (Å²) >= 11 is 0. The summed E-state index contributed by atoms with van der Waals surface area (Å²) in [5.41, 5.74) is 8.39. The molecular formula is C25H20N2. The fourth-order valence-corrected chi connectivity index (χ4v) is 3.87. The Balaban J connectivity index is 1.82. The number of hydrogen-bond acceptors (Lipinski definition) is 2. The zero-order valence-electron chi connectivity index (χ0n) is 15.2. The second-order valence-corrected chi connectivity index (χ2v) is 6.77. The Bertz CT molecular complexity index is 1050. The smallest absolute Gasteiger partial charge is 0.0703 e. The van der Waals surface area contributed by atoms with Crippen molar-refractivity contribution in [3.63, 3.8) is 0 Å². The van der Waals surface area contributed by atoms with Crippen molar-refractivity contribution in [3.05, 3.63) is 109 Å². The maximum atomic E-state index is 2.37. The highest BCUT2D eigenvalue weighted by Crippen LogP contribution is 2.54. The molecule has 0 aliphatic carbocycles. The molecule has 1 aliphatic heterocycles. The van der Waals surface area contributed by atoms with E-state index in [4.69, 9.17) is 0 Å². The SMILES string of the molecule is Cc1ccccc1N1c2ccccc2N(c2ccccc2)c2ccccc21. The molecule has 0 amide bonds. The Morgan fingerprint density at radius 1 is 0.407 bits per heavy atom. The molecular weight excluding hydrogens is 328 g/mol. The van der Waals surface area contributed by atoms with Crippen molar-refractivity contribution in [3.8, 4) is 0 Å². The summed E-state index contributed by atoms with van der Waals surface area (Å²) in [5, 5.41) is 0. The maximum Gasteiger partial charge on any atom is 0.0703 e. The van der Waals surface area contributed by atoms with Gasteiger partial charge in [-0.15, -0.1) is 0 Å². The van der Waals surface area contributed by atoms with Crippen LogP contribution in [0.2, 0.25) is 0 Å². The molecule has 0 bridgehead atoms. The number of rotatable bonds is 2. The van der Waals surface area contributed by atoms with Crippen molar-refractivity contribution < 1.29 is 0 Å². The summed E-state index contributed by atoms with van der Waals surface area (Å²) < 4.78 is 0. The van der Waals surface area contributed by atoms with Crippen LogP contribution in [0.3, 0.4) is 0 Å². The Labute approximate surface area is 159 Å². The number of benzene rings is 4. The number of aryl methyl sites for hydroxylation is 1. The molecule has 27 heavy (non-hydrogen) atoms. The molecule has 5 rings (SSSR count). The molecule has 0 N–H and O–H groups in total. The van der Waals surface area contributed by atoms with Gasteiger partial charge in [-0.3, -0.25) is 0 Å². The predicted octanol–water partition coefficient (Wildman–Crippen LogP) is 7.25. The fourth-order valence-electron chi connectivity index (χ4n) is 3.87. The van der Waals surface area contributed by atoms with Crippen LogP contribution in [0.4, 0.5) is 34.1 Å². The van der Waals surface area contributed by atoms with E-state index in [1.54, 1.807) is 0 Å².